The lowest BCUT2D eigenvalue weighted by Crippen LogP contribution is -2.47. The first-order valence-corrected chi connectivity index (χ1v) is 32.4. The van der Waals surface area contributed by atoms with Gasteiger partial charge in [0, 0.05) is 12.8 Å². The van der Waals surface area contributed by atoms with E-state index in [1.807, 2.05) is 33.3 Å². The lowest BCUT2D eigenvalue weighted by atomic mass is 10.0. The number of hydrogen-bond acceptors (Lipinski definition) is 6. The Hall–Kier alpha value is -2.81. The second-order valence-electron chi connectivity index (χ2n) is 21.9. The van der Waals surface area contributed by atoms with E-state index in [1.165, 1.54) is 135 Å². The molecular weight excluding hydrogens is 952 g/mol. The third-order valence-corrected chi connectivity index (χ3v) is 14.3. The van der Waals surface area contributed by atoms with Crippen molar-refractivity contribution in [2.75, 3.05) is 40.9 Å². The quantitative estimate of drug-likeness (QED) is 0.0205. The second kappa shape index (κ2) is 54.5. The summed E-state index contributed by atoms with van der Waals surface area (Å²) in [6.07, 6.45) is 71.6. The number of likely N-dealkylation sites (N-methyl/N-ethyl adjacent to an activating group) is 1. The van der Waals surface area contributed by atoms with Crippen molar-refractivity contribution < 1.29 is 37.3 Å². The molecule has 0 aromatic rings. The predicted octanol–water partition coefficient (Wildman–Crippen LogP) is 19.0. The average Bonchev–Trinajstić information content (AvgIpc) is 3.37. The first-order valence-electron chi connectivity index (χ1n) is 30.9. The van der Waals surface area contributed by atoms with E-state index in [2.05, 4.69) is 99.0 Å². The third kappa shape index (κ3) is 55.7. The van der Waals surface area contributed by atoms with Gasteiger partial charge in [0.1, 0.15) is 19.3 Å². The highest BCUT2D eigenvalue weighted by Crippen LogP contribution is 2.43. The lowest BCUT2D eigenvalue weighted by molar-refractivity contribution is -0.870. The largest absolute Gasteiger partial charge is 0.472 e. The number of esters is 1. The average molecular weight is 1070 g/mol. The number of nitrogens with one attached hydrogen (secondary N) is 1. The van der Waals surface area contributed by atoms with E-state index in [4.69, 9.17) is 13.8 Å². The van der Waals surface area contributed by atoms with Crippen molar-refractivity contribution in [1.29, 1.82) is 0 Å². The summed E-state index contributed by atoms with van der Waals surface area (Å²) in [5, 5.41) is 3.03. The van der Waals surface area contributed by atoms with E-state index in [-0.39, 0.29) is 37.9 Å². The maximum atomic E-state index is 13.5. The molecule has 0 bridgehead atoms. The van der Waals surface area contributed by atoms with Crippen LogP contribution in [0.4, 0.5) is 0 Å². The summed E-state index contributed by atoms with van der Waals surface area (Å²) in [4.78, 5) is 37.7. The molecule has 0 rings (SSSR count). The Balaban J connectivity index is 5.30. The van der Waals surface area contributed by atoms with Crippen molar-refractivity contribution in [1.82, 2.24) is 5.32 Å². The molecule has 0 spiro atoms. The first-order chi connectivity index (χ1) is 36.4. The molecule has 0 saturated heterocycles. The van der Waals surface area contributed by atoms with Gasteiger partial charge in [0.05, 0.1) is 33.8 Å². The molecule has 0 radical (unpaired) electrons. The van der Waals surface area contributed by atoms with Gasteiger partial charge in [-0.25, -0.2) is 4.57 Å². The van der Waals surface area contributed by atoms with Gasteiger partial charge in [-0.3, -0.25) is 18.6 Å². The highest BCUT2D eigenvalue weighted by atomic mass is 31.2. The molecule has 0 aliphatic rings. The Morgan fingerprint density at radius 1 is 0.480 bits per heavy atom. The van der Waals surface area contributed by atoms with Crippen LogP contribution < -0.4 is 5.32 Å². The summed E-state index contributed by atoms with van der Waals surface area (Å²) >= 11 is 0. The molecular formula is C65H118N2O7P+. The van der Waals surface area contributed by atoms with E-state index >= 15 is 0 Å². The molecule has 0 heterocycles. The number of carbonyl (C=O) groups excluding carboxylic acids is 2. The molecule has 0 aliphatic heterocycles. The number of unbranched alkanes of at least 4 members (excludes halogenated alkanes) is 27. The summed E-state index contributed by atoms with van der Waals surface area (Å²) in [7, 11) is 1.46. The molecule has 9 nitrogen and oxygen atoms in total. The number of rotatable bonds is 55. The van der Waals surface area contributed by atoms with Crippen molar-refractivity contribution >= 4 is 19.7 Å². The number of quaternary nitrogens is 1. The second-order valence-corrected chi connectivity index (χ2v) is 23.3. The Morgan fingerprint density at radius 2 is 0.853 bits per heavy atom. The SMILES string of the molecule is CC/C=C\C/C=C\C/C=C\C/C=C\C/C=C\C/C=C\CCCCC(=O)NC(COP(=O)(O)OCC[N+](C)(C)C)C(/C=C/CCCCCCCCCCC)OC(=O)CCCCCCCCCCCCCCCCCCC. The number of phosphoric ester groups is 1. The van der Waals surface area contributed by atoms with E-state index in [0.29, 0.717) is 17.4 Å². The first kappa shape index (κ1) is 72.2. The molecule has 75 heavy (non-hydrogen) atoms. The molecule has 0 aromatic carbocycles. The third-order valence-electron chi connectivity index (χ3n) is 13.3. The molecule has 10 heteroatoms. The summed E-state index contributed by atoms with van der Waals surface area (Å²) in [5.74, 6) is -0.553. The van der Waals surface area contributed by atoms with Gasteiger partial charge in [-0.1, -0.05) is 254 Å². The minimum atomic E-state index is -4.46. The van der Waals surface area contributed by atoms with E-state index in [1.54, 1.807) is 0 Å². The Kier molecular flexibility index (Phi) is 52.5. The van der Waals surface area contributed by atoms with Crippen LogP contribution in [0.5, 0.6) is 0 Å². The standard InChI is InChI=1S/C65H117N2O7P/c1-7-10-13-16-19-22-25-27-29-31-32-33-34-36-37-39-42-45-48-51-54-57-64(68)66-62(61-73-75(70,71)72-60-59-67(4,5)6)63(56-53-50-47-44-41-24-21-18-15-12-9-3)74-65(69)58-55-52-49-46-43-40-38-35-30-28-26-23-20-17-14-11-8-2/h10,13,19,22,27,29,32-33,36-37,42,45,53,56,62-63H,7-9,11-12,14-18,20-21,23-26,28,30-31,34-35,38-41,43-44,46-52,54-55,57-61H2,1-6H3,(H-,66,68,70,71)/p+1/b13-10-,22-19-,29-27-,33-32-,37-36-,45-42-,56-53+. The van der Waals surface area contributed by atoms with Crippen LogP contribution in [0.3, 0.4) is 0 Å². The minimum Gasteiger partial charge on any atom is -0.456 e. The molecule has 0 aromatic heterocycles. The minimum absolute atomic E-state index is 0.0292. The predicted molar refractivity (Wildman–Crippen MR) is 323 cm³/mol. The number of ether oxygens (including phenoxy) is 1. The number of hydrogen-bond donors (Lipinski definition) is 2. The van der Waals surface area contributed by atoms with Gasteiger partial charge in [-0.15, -0.1) is 0 Å². The molecule has 0 fully saturated rings. The Labute approximate surface area is 463 Å². The fourth-order valence-electron chi connectivity index (χ4n) is 8.59. The zero-order chi connectivity index (χ0) is 55.0. The summed E-state index contributed by atoms with van der Waals surface area (Å²) in [6, 6.07) is -0.873. The number of nitrogens with zero attached hydrogens (tertiary/aromatic N) is 1. The maximum Gasteiger partial charge on any atom is 0.472 e. The summed E-state index contributed by atoms with van der Waals surface area (Å²) < 4.78 is 30.6. The van der Waals surface area contributed by atoms with Gasteiger partial charge >= 0.3 is 13.8 Å². The number of allylic oxidation sites excluding steroid dienone is 13. The molecule has 3 unspecified atom stereocenters. The fraction of sp³-hybridized carbons (Fsp3) is 0.754. The van der Waals surface area contributed by atoms with Gasteiger partial charge in [-0.2, -0.15) is 0 Å². The van der Waals surface area contributed by atoms with Gasteiger partial charge in [0.2, 0.25) is 5.91 Å². The number of amides is 1. The van der Waals surface area contributed by atoms with Crippen LogP contribution in [-0.4, -0.2) is 74.3 Å². The van der Waals surface area contributed by atoms with E-state index in [0.717, 1.165) is 89.9 Å². The molecule has 434 valence electrons. The summed E-state index contributed by atoms with van der Waals surface area (Å²) in [6.45, 7) is 6.87. The van der Waals surface area contributed by atoms with Crippen LogP contribution in [0.15, 0.2) is 85.1 Å². The zero-order valence-corrected chi connectivity index (χ0v) is 50.4. The highest BCUT2D eigenvalue weighted by Gasteiger charge is 2.30. The van der Waals surface area contributed by atoms with Gasteiger partial charge < -0.3 is 19.4 Å². The zero-order valence-electron chi connectivity index (χ0n) is 49.5. The highest BCUT2D eigenvalue weighted by molar-refractivity contribution is 7.47. The van der Waals surface area contributed by atoms with Gasteiger partial charge in [0.25, 0.3) is 0 Å². The molecule has 3 atom stereocenters. The van der Waals surface area contributed by atoms with Crippen LogP contribution >= 0.6 is 7.82 Å². The van der Waals surface area contributed by atoms with Crippen molar-refractivity contribution in [3.63, 3.8) is 0 Å². The number of carbonyl (C=O) groups is 2. The smallest absolute Gasteiger partial charge is 0.456 e. The fourth-order valence-corrected chi connectivity index (χ4v) is 9.33. The van der Waals surface area contributed by atoms with Crippen molar-refractivity contribution in [2.45, 2.75) is 277 Å². The summed E-state index contributed by atoms with van der Waals surface area (Å²) in [5.41, 5.74) is 0. The van der Waals surface area contributed by atoms with E-state index < -0.39 is 20.0 Å². The monoisotopic (exact) mass is 1070 g/mol. The normalized spacial score (nSPS) is 14.3. The Bertz CT molecular complexity index is 1560. The Morgan fingerprint density at radius 3 is 1.29 bits per heavy atom. The van der Waals surface area contributed by atoms with Gasteiger partial charge in [0.15, 0.2) is 0 Å². The van der Waals surface area contributed by atoms with Crippen LogP contribution in [0.2, 0.25) is 0 Å². The van der Waals surface area contributed by atoms with Crippen LogP contribution in [0, 0.1) is 0 Å². The van der Waals surface area contributed by atoms with Crippen LogP contribution in [-0.2, 0) is 27.9 Å². The van der Waals surface area contributed by atoms with Crippen molar-refractivity contribution in [3.8, 4) is 0 Å². The maximum absolute atomic E-state index is 13.5. The molecule has 0 aliphatic carbocycles. The molecule has 0 saturated carbocycles. The van der Waals surface area contributed by atoms with Crippen molar-refractivity contribution in [3.05, 3.63) is 85.1 Å². The van der Waals surface area contributed by atoms with Crippen LogP contribution in [0.25, 0.3) is 0 Å². The van der Waals surface area contributed by atoms with Gasteiger partial charge in [-0.05, 0) is 83.1 Å². The van der Waals surface area contributed by atoms with E-state index in [9.17, 15) is 19.0 Å². The lowest BCUT2D eigenvalue weighted by Gasteiger charge is -2.27. The number of phosphoric acid groups is 1. The topological polar surface area (TPSA) is 111 Å². The molecule has 2 N–H and O–H groups in total. The molecule has 1 amide bonds. The van der Waals surface area contributed by atoms with Crippen molar-refractivity contribution in [2.24, 2.45) is 0 Å². The van der Waals surface area contributed by atoms with Crippen LogP contribution in [0.1, 0.15) is 265 Å².